The van der Waals surface area contributed by atoms with Gasteiger partial charge in [0.1, 0.15) is 6.10 Å². The van der Waals surface area contributed by atoms with Crippen molar-refractivity contribution >= 4 is 11.7 Å². The second kappa shape index (κ2) is 15.3. The fourth-order valence-corrected chi connectivity index (χ4v) is 3.76. The number of carbonyl (C=O) groups excluding carboxylic acids is 2. The first kappa shape index (κ1) is 25.4. The minimum Gasteiger partial charge on any atom is -0.370 e. The highest BCUT2D eigenvalue weighted by atomic mass is 16.5. The lowest BCUT2D eigenvalue weighted by molar-refractivity contribution is -0.122. The molecule has 4 nitrogen and oxygen atoms in total. The van der Waals surface area contributed by atoms with Crippen LogP contribution in [0.15, 0.2) is 11.6 Å². The van der Waals surface area contributed by atoms with Crippen LogP contribution in [-0.4, -0.2) is 23.9 Å². The van der Waals surface area contributed by atoms with Gasteiger partial charge in [0.25, 0.3) is 0 Å². The molecule has 4 heteroatoms. The number of nitrogens with two attached hydrogens (primary N) is 1. The maximum Gasteiger partial charge on any atom is 0.217 e. The average Bonchev–Trinajstić information content (AvgIpc) is 2.96. The van der Waals surface area contributed by atoms with Crippen LogP contribution in [0, 0.1) is 17.8 Å². The Kier molecular flexibility index (Phi) is 13.4. The molecule has 0 bridgehead atoms. The Morgan fingerprint density at radius 2 is 1.79 bits per heavy atom. The highest BCUT2D eigenvalue weighted by molar-refractivity contribution is 5.97. The third-order valence-electron chi connectivity index (χ3n) is 5.50. The molecule has 29 heavy (non-hydrogen) atoms. The molecule has 1 unspecified atom stereocenters. The zero-order valence-corrected chi connectivity index (χ0v) is 18.8. The van der Waals surface area contributed by atoms with Crippen LogP contribution in [-0.2, 0) is 14.3 Å². The predicted molar refractivity (Wildman–Crippen MR) is 119 cm³/mol. The summed E-state index contributed by atoms with van der Waals surface area (Å²) in [6, 6.07) is 0. The number of amides is 1. The van der Waals surface area contributed by atoms with Gasteiger partial charge in [0.15, 0.2) is 5.78 Å². The number of ether oxygens (including phenoxy) is 1. The highest BCUT2D eigenvalue weighted by Crippen LogP contribution is 2.31. The van der Waals surface area contributed by atoms with Gasteiger partial charge < -0.3 is 10.5 Å². The number of unbranched alkanes of at least 4 members (excludes halogenated alkanes) is 7. The first-order valence-corrected chi connectivity index (χ1v) is 11.7. The van der Waals surface area contributed by atoms with Crippen molar-refractivity contribution in [3.05, 3.63) is 11.6 Å². The Morgan fingerprint density at radius 3 is 2.45 bits per heavy atom. The molecule has 0 aliphatic heterocycles. The molecule has 0 aromatic carbocycles. The molecule has 3 atom stereocenters. The van der Waals surface area contributed by atoms with Gasteiger partial charge in [-0.3, -0.25) is 9.59 Å². The Labute approximate surface area is 178 Å². The van der Waals surface area contributed by atoms with Gasteiger partial charge in [-0.15, -0.1) is 0 Å². The minimum absolute atomic E-state index is 0.0295. The molecule has 1 aliphatic carbocycles. The molecular weight excluding hydrogens is 362 g/mol. The number of hydrogen-bond donors (Lipinski definition) is 1. The van der Waals surface area contributed by atoms with Gasteiger partial charge in [-0.25, -0.2) is 0 Å². The quantitative estimate of drug-likeness (QED) is 0.290. The molecule has 0 saturated heterocycles. The third kappa shape index (κ3) is 10.7. The Hall–Kier alpha value is -1.60. The summed E-state index contributed by atoms with van der Waals surface area (Å²) in [7, 11) is 0. The van der Waals surface area contributed by atoms with Gasteiger partial charge in [0.2, 0.25) is 5.91 Å². The Balaban J connectivity index is 2.69. The van der Waals surface area contributed by atoms with Gasteiger partial charge >= 0.3 is 0 Å². The van der Waals surface area contributed by atoms with Crippen molar-refractivity contribution in [2.24, 2.45) is 11.7 Å². The zero-order valence-electron chi connectivity index (χ0n) is 18.8. The normalized spacial score (nSPS) is 19.6. The van der Waals surface area contributed by atoms with Crippen LogP contribution >= 0.6 is 0 Å². The van der Waals surface area contributed by atoms with E-state index in [1.807, 2.05) is 6.92 Å². The second-order valence-electron chi connectivity index (χ2n) is 8.30. The molecule has 0 aromatic heterocycles. The Morgan fingerprint density at radius 1 is 1.10 bits per heavy atom. The maximum absolute atomic E-state index is 12.6. The Bertz CT molecular complexity index is 585. The van der Waals surface area contributed by atoms with E-state index in [0.29, 0.717) is 12.8 Å². The predicted octanol–water partition coefficient (Wildman–Crippen LogP) is 5.49. The molecule has 0 saturated carbocycles. The van der Waals surface area contributed by atoms with Crippen LogP contribution in [0.5, 0.6) is 0 Å². The fourth-order valence-electron chi connectivity index (χ4n) is 3.76. The summed E-state index contributed by atoms with van der Waals surface area (Å²) in [4.78, 5) is 23.6. The number of carbonyl (C=O) groups is 2. The lowest BCUT2D eigenvalue weighted by Crippen LogP contribution is -2.29. The molecular formula is C25H41NO3. The summed E-state index contributed by atoms with van der Waals surface area (Å²) in [6.07, 6.45) is 14.4. The summed E-state index contributed by atoms with van der Waals surface area (Å²) in [5, 5.41) is 0. The SMILES string of the molecule is CCCCCCC#CC1=CC(=O)C(CCCCCC)[C@H]1O[C@H](C)CCCC(N)=O. The van der Waals surface area contributed by atoms with Crippen LogP contribution in [0.3, 0.4) is 0 Å². The largest absolute Gasteiger partial charge is 0.370 e. The van der Waals surface area contributed by atoms with Crippen molar-refractivity contribution in [1.29, 1.82) is 0 Å². The molecule has 2 N–H and O–H groups in total. The smallest absolute Gasteiger partial charge is 0.217 e. The number of primary amides is 1. The van der Waals surface area contributed by atoms with Crippen LogP contribution in [0.1, 0.15) is 104 Å². The van der Waals surface area contributed by atoms with Crippen molar-refractivity contribution in [2.75, 3.05) is 0 Å². The van der Waals surface area contributed by atoms with Gasteiger partial charge in [-0.1, -0.05) is 70.6 Å². The molecule has 0 radical (unpaired) electrons. The molecule has 1 amide bonds. The van der Waals surface area contributed by atoms with E-state index >= 15 is 0 Å². The molecule has 1 rings (SSSR count). The van der Waals surface area contributed by atoms with Crippen molar-refractivity contribution < 1.29 is 14.3 Å². The lowest BCUT2D eigenvalue weighted by Gasteiger charge is -2.24. The van der Waals surface area contributed by atoms with E-state index in [1.165, 1.54) is 32.1 Å². The summed E-state index contributed by atoms with van der Waals surface area (Å²) in [5.74, 6) is 6.26. The lowest BCUT2D eigenvalue weighted by atomic mass is 9.93. The van der Waals surface area contributed by atoms with Gasteiger partial charge in [0.05, 0.1) is 12.0 Å². The zero-order chi connectivity index (χ0) is 21.5. The van der Waals surface area contributed by atoms with Crippen molar-refractivity contribution in [3.8, 4) is 11.8 Å². The first-order valence-electron chi connectivity index (χ1n) is 11.7. The first-order chi connectivity index (χ1) is 14.0. The van der Waals surface area contributed by atoms with Crippen molar-refractivity contribution in [3.63, 3.8) is 0 Å². The van der Waals surface area contributed by atoms with Crippen LogP contribution < -0.4 is 5.73 Å². The van der Waals surface area contributed by atoms with E-state index in [-0.39, 0.29) is 29.8 Å². The van der Waals surface area contributed by atoms with Crippen molar-refractivity contribution in [1.82, 2.24) is 0 Å². The van der Waals surface area contributed by atoms with Gasteiger partial charge in [-0.2, -0.15) is 0 Å². The van der Waals surface area contributed by atoms with Crippen LogP contribution in [0.4, 0.5) is 0 Å². The monoisotopic (exact) mass is 403 g/mol. The second-order valence-corrected chi connectivity index (χ2v) is 8.30. The van der Waals surface area contributed by atoms with E-state index in [9.17, 15) is 9.59 Å². The number of allylic oxidation sites excluding steroid dienone is 1. The summed E-state index contributed by atoms with van der Waals surface area (Å²) in [5.41, 5.74) is 6.07. The topological polar surface area (TPSA) is 69.4 Å². The van der Waals surface area contributed by atoms with E-state index in [1.54, 1.807) is 6.08 Å². The molecule has 1 aliphatic rings. The summed E-state index contributed by atoms with van der Waals surface area (Å²) >= 11 is 0. The van der Waals surface area contributed by atoms with E-state index in [4.69, 9.17) is 10.5 Å². The van der Waals surface area contributed by atoms with Crippen molar-refractivity contribution in [2.45, 2.75) is 116 Å². The third-order valence-corrected chi connectivity index (χ3v) is 5.50. The maximum atomic E-state index is 12.6. The number of rotatable bonds is 15. The molecule has 0 heterocycles. The molecule has 0 spiro atoms. The van der Waals surface area contributed by atoms with Crippen LogP contribution in [0.2, 0.25) is 0 Å². The standard InChI is InChI=1S/C25H41NO3/c1-4-6-8-10-11-12-16-21-19-23(27)22(17-13-9-7-5-2)25(21)29-20(3)15-14-18-24(26)28/h19-20,22,25H,4-11,13-15,17-18H2,1-3H3,(H2,26,28)/t20-,22?,25+/m1/s1. The summed E-state index contributed by atoms with van der Waals surface area (Å²) in [6.45, 7) is 6.40. The van der Waals surface area contributed by atoms with E-state index in [0.717, 1.165) is 44.1 Å². The fraction of sp³-hybridized carbons (Fsp3) is 0.760. The van der Waals surface area contributed by atoms with Gasteiger partial charge in [-0.05, 0) is 38.7 Å². The average molecular weight is 404 g/mol. The van der Waals surface area contributed by atoms with Gasteiger partial charge in [0, 0.05) is 18.4 Å². The summed E-state index contributed by atoms with van der Waals surface area (Å²) < 4.78 is 6.30. The highest BCUT2D eigenvalue weighted by Gasteiger charge is 2.36. The molecule has 164 valence electrons. The minimum atomic E-state index is -0.281. The van der Waals surface area contributed by atoms with E-state index < -0.39 is 0 Å². The molecule has 0 fully saturated rings. The number of ketones is 1. The molecule has 0 aromatic rings. The number of hydrogen-bond acceptors (Lipinski definition) is 3. The van der Waals surface area contributed by atoms with Crippen LogP contribution in [0.25, 0.3) is 0 Å². The van der Waals surface area contributed by atoms with E-state index in [2.05, 4.69) is 25.7 Å².